The third-order valence-corrected chi connectivity index (χ3v) is 4.62. The van der Waals surface area contributed by atoms with E-state index >= 15 is 0 Å². The fraction of sp³-hybridized carbons (Fsp3) is 0.462. The van der Waals surface area contributed by atoms with Crippen molar-refractivity contribution >= 4 is 15.8 Å². The number of Topliss-reactive ketones (excluding diaryl/α,β-unsaturated/α-hetero) is 1. The van der Waals surface area contributed by atoms with Crippen LogP contribution >= 0.6 is 0 Å². The van der Waals surface area contributed by atoms with Gasteiger partial charge in [0.25, 0.3) is 0 Å². The molecule has 6 heteroatoms. The largest absolute Gasteiger partial charge is 0.391 e. The van der Waals surface area contributed by atoms with Crippen molar-refractivity contribution in [2.24, 2.45) is 5.92 Å². The summed E-state index contributed by atoms with van der Waals surface area (Å²) in [4.78, 5) is 11.3. The van der Waals surface area contributed by atoms with E-state index in [1.165, 1.54) is 25.1 Å². The summed E-state index contributed by atoms with van der Waals surface area (Å²) in [6, 6.07) is 5.87. The minimum Gasteiger partial charge on any atom is -0.391 e. The highest BCUT2D eigenvalue weighted by molar-refractivity contribution is 7.89. The summed E-state index contributed by atoms with van der Waals surface area (Å²) in [5, 5.41) is 9.66. The molecule has 1 aromatic rings. The molecule has 1 aromatic carbocycles. The smallest absolute Gasteiger partial charge is 0.240 e. The molecule has 0 bridgehead atoms. The molecule has 1 saturated carbocycles. The van der Waals surface area contributed by atoms with Crippen LogP contribution < -0.4 is 4.72 Å². The summed E-state index contributed by atoms with van der Waals surface area (Å²) in [6.07, 6.45) is 1.26. The predicted molar refractivity (Wildman–Crippen MR) is 70.4 cm³/mol. The lowest BCUT2D eigenvalue weighted by Gasteiger charge is -2.11. The second-order valence-electron chi connectivity index (χ2n) is 4.84. The second kappa shape index (κ2) is 5.40. The molecule has 2 rings (SSSR count). The molecule has 0 amide bonds. The van der Waals surface area contributed by atoms with Gasteiger partial charge in [-0.3, -0.25) is 4.79 Å². The first kappa shape index (κ1) is 14.2. The van der Waals surface area contributed by atoms with Crippen LogP contribution in [0.1, 0.15) is 30.1 Å². The molecule has 1 unspecified atom stereocenters. The first-order valence-electron chi connectivity index (χ1n) is 6.19. The number of hydrogen-bond acceptors (Lipinski definition) is 4. The Morgan fingerprint density at radius 3 is 2.74 bits per heavy atom. The molecule has 5 nitrogen and oxygen atoms in total. The second-order valence-corrected chi connectivity index (χ2v) is 6.61. The topological polar surface area (TPSA) is 83.5 Å². The number of aliphatic hydroxyl groups excluding tert-OH is 1. The summed E-state index contributed by atoms with van der Waals surface area (Å²) in [5.74, 6) is 0.0290. The molecule has 0 aliphatic heterocycles. The van der Waals surface area contributed by atoms with Crippen molar-refractivity contribution in [3.63, 3.8) is 0 Å². The average Bonchev–Trinajstić information content (AvgIpc) is 3.20. The number of carbonyl (C=O) groups excluding carboxylic acids is 1. The molecule has 1 atom stereocenters. The van der Waals surface area contributed by atoms with Crippen molar-refractivity contribution in [2.75, 3.05) is 6.54 Å². The third kappa shape index (κ3) is 3.62. The highest BCUT2D eigenvalue weighted by Gasteiger charge is 2.30. The zero-order valence-corrected chi connectivity index (χ0v) is 11.5. The maximum atomic E-state index is 12.0. The van der Waals surface area contributed by atoms with Crippen LogP contribution in [-0.4, -0.2) is 32.0 Å². The summed E-state index contributed by atoms with van der Waals surface area (Å²) in [6.45, 7) is 1.40. The van der Waals surface area contributed by atoms with Crippen LogP contribution in [0.15, 0.2) is 29.2 Å². The summed E-state index contributed by atoms with van der Waals surface area (Å²) >= 11 is 0. The van der Waals surface area contributed by atoms with Gasteiger partial charge in [0.05, 0.1) is 11.0 Å². The first-order chi connectivity index (χ1) is 8.90. The van der Waals surface area contributed by atoms with Crippen LogP contribution in [0.25, 0.3) is 0 Å². The molecule has 0 spiro atoms. The molecular formula is C13H17NO4S. The summed E-state index contributed by atoms with van der Waals surface area (Å²) < 4.78 is 26.4. The van der Waals surface area contributed by atoms with E-state index in [4.69, 9.17) is 0 Å². The SMILES string of the molecule is CC(=O)c1cccc(S(=O)(=O)NCC(O)C2CC2)c1. The Hall–Kier alpha value is -1.24. The number of ketones is 1. The van der Waals surface area contributed by atoms with Gasteiger partial charge in [0.2, 0.25) is 10.0 Å². The minimum atomic E-state index is -3.68. The Kier molecular flexibility index (Phi) is 4.03. The van der Waals surface area contributed by atoms with Crippen molar-refractivity contribution in [1.82, 2.24) is 4.72 Å². The summed E-state index contributed by atoms with van der Waals surface area (Å²) in [7, 11) is -3.68. The molecule has 104 valence electrons. The van der Waals surface area contributed by atoms with Crippen LogP contribution in [0, 0.1) is 5.92 Å². The molecule has 1 aliphatic carbocycles. The Labute approximate surface area is 112 Å². The number of rotatable bonds is 6. The quantitative estimate of drug-likeness (QED) is 0.761. The zero-order chi connectivity index (χ0) is 14.0. The standard InChI is InChI=1S/C13H17NO4S/c1-9(15)11-3-2-4-12(7-11)19(17,18)14-8-13(16)10-5-6-10/h2-4,7,10,13-14,16H,5-6,8H2,1H3. The number of benzene rings is 1. The van der Waals surface area contributed by atoms with Crippen LogP contribution in [-0.2, 0) is 10.0 Å². The van der Waals surface area contributed by atoms with Crippen molar-refractivity contribution in [3.05, 3.63) is 29.8 Å². The molecule has 1 fully saturated rings. The minimum absolute atomic E-state index is 0.0112. The number of aliphatic hydroxyl groups is 1. The lowest BCUT2D eigenvalue weighted by Crippen LogP contribution is -2.33. The third-order valence-electron chi connectivity index (χ3n) is 3.20. The van der Waals surface area contributed by atoms with E-state index in [9.17, 15) is 18.3 Å². The van der Waals surface area contributed by atoms with Gasteiger partial charge in [-0.1, -0.05) is 12.1 Å². The monoisotopic (exact) mass is 283 g/mol. The van der Waals surface area contributed by atoms with Gasteiger partial charge in [0.1, 0.15) is 0 Å². The maximum Gasteiger partial charge on any atom is 0.240 e. The van der Waals surface area contributed by atoms with Crippen molar-refractivity contribution in [3.8, 4) is 0 Å². The number of nitrogens with one attached hydrogen (secondary N) is 1. The lowest BCUT2D eigenvalue weighted by molar-refractivity contribution is 0.101. The van der Waals surface area contributed by atoms with Crippen LogP contribution in [0.2, 0.25) is 0 Å². The zero-order valence-electron chi connectivity index (χ0n) is 10.7. The van der Waals surface area contributed by atoms with Gasteiger partial charge in [0.15, 0.2) is 5.78 Å². The van der Waals surface area contributed by atoms with E-state index in [2.05, 4.69) is 4.72 Å². The Bertz CT molecular complexity index is 578. The fourth-order valence-corrected chi connectivity index (χ4v) is 2.91. The van der Waals surface area contributed by atoms with E-state index in [1.807, 2.05) is 0 Å². The van der Waals surface area contributed by atoms with Crippen LogP contribution in [0.5, 0.6) is 0 Å². The van der Waals surface area contributed by atoms with Crippen LogP contribution in [0.4, 0.5) is 0 Å². The van der Waals surface area contributed by atoms with Gasteiger partial charge in [-0.25, -0.2) is 13.1 Å². The maximum absolute atomic E-state index is 12.0. The molecule has 0 radical (unpaired) electrons. The number of sulfonamides is 1. The normalized spacial score (nSPS) is 17.2. The molecule has 0 aromatic heterocycles. The molecule has 1 aliphatic rings. The van der Waals surface area contributed by atoms with E-state index in [1.54, 1.807) is 6.07 Å². The number of carbonyl (C=O) groups is 1. The van der Waals surface area contributed by atoms with Crippen LogP contribution in [0.3, 0.4) is 0 Å². The molecule has 2 N–H and O–H groups in total. The van der Waals surface area contributed by atoms with Gasteiger partial charge >= 0.3 is 0 Å². The Morgan fingerprint density at radius 1 is 1.47 bits per heavy atom. The summed E-state index contributed by atoms with van der Waals surface area (Å²) in [5.41, 5.74) is 0.352. The van der Waals surface area contributed by atoms with Crippen molar-refractivity contribution in [2.45, 2.75) is 30.8 Å². The first-order valence-corrected chi connectivity index (χ1v) is 7.67. The average molecular weight is 283 g/mol. The predicted octanol–water partition coefficient (Wildman–Crippen LogP) is 0.938. The lowest BCUT2D eigenvalue weighted by atomic mass is 10.2. The Morgan fingerprint density at radius 2 is 2.16 bits per heavy atom. The van der Waals surface area contributed by atoms with Crippen molar-refractivity contribution < 1.29 is 18.3 Å². The van der Waals surface area contributed by atoms with Gasteiger partial charge in [0, 0.05) is 12.1 Å². The molecule has 0 saturated heterocycles. The van der Waals surface area contributed by atoms with Crippen molar-refractivity contribution in [1.29, 1.82) is 0 Å². The fourth-order valence-electron chi connectivity index (χ4n) is 1.81. The van der Waals surface area contributed by atoms with Gasteiger partial charge in [-0.2, -0.15) is 0 Å². The highest BCUT2D eigenvalue weighted by Crippen LogP contribution is 2.32. The molecule has 0 heterocycles. The number of hydrogen-bond donors (Lipinski definition) is 2. The van der Waals surface area contributed by atoms with E-state index in [-0.39, 0.29) is 23.1 Å². The van der Waals surface area contributed by atoms with Gasteiger partial charge in [-0.15, -0.1) is 0 Å². The molecule has 19 heavy (non-hydrogen) atoms. The molecular weight excluding hydrogens is 266 g/mol. The van der Waals surface area contributed by atoms with E-state index in [0.717, 1.165) is 12.8 Å². The highest BCUT2D eigenvalue weighted by atomic mass is 32.2. The van der Waals surface area contributed by atoms with Gasteiger partial charge < -0.3 is 5.11 Å². The Balaban J connectivity index is 2.09. The van der Waals surface area contributed by atoms with Gasteiger partial charge in [-0.05, 0) is 37.8 Å². The van der Waals surface area contributed by atoms with E-state index in [0.29, 0.717) is 5.56 Å². The van der Waals surface area contributed by atoms with E-state index < -0.39 is 16.1 Å².